The highest BCUT2D eigenvalue weighted by Gasteiger charge is 2.03. The van der Waals surface area contributed by atoms with Crippen LogP contribution in [0.2, 0.25) is 0 Å². The highest BCUT2D eigenvalue weighted by molar-refractivity contribution is 5.78. The van der Waals surface area contributed by atoms with Crippen molar-refractivity contribution in [3.8, 4) is 0 Å². The van der Waals surface area contributed by atoms with Crippen molar-refractivity contribution in [1.29, 1.82) is 0 Å². The Bertz CT molecular complexity index is 486. The molecule has 0 N–H and O–H groups in total. The summed E-state index contributed by atoms with van der Waals surface area (Å²) in [6.45, 7) is 0. The third-order valence-electron chi connectivity index (χ3n) is 6.72. The maximum atomic E-state index is 12.0. The molecule has 0 aliphatic carbocycles. The van der Waals surface area contributed by atoms with Crippen LogP contribution in [-0.4, -0.2) is 24.1 Å². The number of Topliss-reactive ketones (excluding diaryl/α,β-unsaturated/α-hetero) is 2. The van der Waals surface area contributed by atoms with Crippen LogP contribution in [0.4, 0.5) is 0 Å². The summed E-state index contributed by atoms with van der Waals surface area (Å²) in [5.74, 6) is 0.754. The maximum Gasteiger partial charge on any atom is 0.132 e. The molecule has 0 heterocycles. The van der Waals surface area contributed by atoms with Crippen molar-refractivity contribution in [1.82, 2.24) is 0 Å². The Morgan fingerprint density at radius 2 is 0.559 bits per heavy atom. The molecule has 0 aliphatic rings. The smallest absolute Gasteiger partial charge is 0.132 e. The van der Waals surface area contributed by atoms with Gasteiger partial charge < -0.3 is 9.59 Å². The first-order valence-corrected chi connectivity index (χ1v) is 14.6. The van der Waals surface area contributed by atoms with Gasteiger partial charge in [0.2, 0.25) is 0 Å². The fourth-order valence-electron chi connectivity index (χ4n) is 4.48. The molecule has 198 valence electrons. The minimum absolute atomic E-state index is 0.303. The van der Waals surface area contributed by atoms with Gasteiger partial charge in [-0.2, -0.15) is 0 Å². The topological polar surface area (TPSA) is 68.3 Å². The van der Waals surface area contributed by atoms with E-state index in [0.29, 0.717) is 37.2 Å². The summed E-state index contributed by atoms with van der Waals surface area (Å²) in [7, 11) is 0. The Morgan fingerprint density at radius 1 is 0.324 bits per heavy atom. The summed E-state index contributed by atoms with van der Waals surface area (Å²) in [6, 6.07) is 0. The van der Waals surface area contributed by atoms with E-state index in [1.807, 2.05) is 0 Å². The van der Waals surface area contributed by atoms with Gasteiger partial charge in [0.1, 0.15) is 24.1 Å². The van der Waals surface area contributed by atoms with Crippen molar-refractivity contribution in [3.05, 3.63) is 0 Å². The number of hydrogen-bond acceptors (Lipinski definition) is 4. The van der Waals surface area contributed by atoms with E-state index >= 15 is 0 Å². The van der Waals surface area contributed by atoms with Crippen LogP contribution in [0.3, 0.4) is 0 Å². The van der Waals surface area contributed by atoms with Crippen LogP contribution >= 0.6 is 0 Å². The molecular weight excluding hydrogens is 424 g/mol. The zero-order chi connectivity index (χ0) is 25.0. The molecule has 0 saturated heterocycles. The molecule has 0 fully saturated rings. The van der Waals surface area contributed by atoms with Crippen molar-refractivity contribution in [2.24, 2.45) is 0 Å². The third kappa shape index (κ3) is 26.9. The molecule has 0 unspecified atom stereocenters. The van der Waals surface area contributed by atoms with Crippen LogP contribution in [0.25, 0.3) is 0 Å². The quantitative estimate of drug-likeness (QED) is 0.0796. The fraction of sp³-hybridized carbons (Fsp3) is 0.867. The van der Waals surface area contributed by atoms with Crippen molar-refractivity contribution in [3.63, 3.8) is 0 Å². The first-order valence-electron chi connectivity index (χ1n) is 14.6. The summed E-state index contributed by atoms with van der Waals surface area (Å²) in [5.41, 5.74) is 0. The number of hydrogen-bond donors (Lipinski definition) is 0. The summed E-state index contributed by atoms with van der Waals surface area (Å²) < 4.78 is 0. The van der Waals surface area contributed by atoms with E-state index in [4.69, 9.17) is 0 Å². The van der Waals surface area contributed by atoms with Crippen molar-refractivity contribution in [2.75, 3.05) is 0 Å². The highest BCUT2D eigenvalue weighted by atomic mass is 16.1. The van der Waals surface area contributed by atoms with Gasteiger partial charge in [0, 0.05) is 38.5 Å². The predicted molar refractivity (Wildman–Crippen MR) is 142 cm³/mol. The molecule has 0 aromatic carbocycles. The predicted octanol–water partition coefficient (Wildman–Crippen LogP) is 8.67. The lowest BCUT2D eigenvalue weighted by Crippen LogP contribution is -1.98. The molecule has 0 radical (unpaired) electrons. The molecule has 4 nitrogen and oxygen atoms in total. The van der Waals surface area contributed by atoms with E-state index in [2.05, 4.69) is 0 Å². The normalized spacial score (nSPS) is 10.9. The number of ketones is 2. The fourth-order valence-corrected chi connectivity index (χ4v) is 4.48. The van der Waals surface area contributed by atoms with Gasteiger partial charge in [0.15, 0.2) is 0 Å². The Balaban J connectivity index is 3.22. The molecular formula is C30H54O4. The minimum atomic E-state index is 0.303. The number of carbonyl (C=O) groups is 4. The van der Waals surface area contributed by atoms with Gasteiger partial charge in [0.25, 0.3) is 0 Å². The van der Waals surface area contributed by atoms with Crippen LogP contribution in [0.15, 0.2) is 0 Å². The lowest BCUT2D eigenvalue weighted by molar-refractivity contribution is -0.120. The van der Waals surface area contributed by atoms with Crippen molar-refractivity contribution >= 4 is 24.1 Å². The van der Waals surface area contributed by atoms with E-state index in [1.54, 1.807) is 0 Å². The van der Waals surface area contributed by atoms with Crippen LogP contribution in [-0.2, 0) is 19.2 Å². The van der Waals surface area contributed by atoms with Gasteiger partial charge in [-0.1, -0.05) is 96.3 Å². The second kappa shape index (κ2) is 27.9. The molecule has 0 saturated carbocycles. The van der Waals surface area contributed by atoms with Crippen LogP contribution < -0.4 is 0 Å². The Labute approximate surface area is 210 Å². The van der Waals surface area contributed by atoms with Crippen molar-refractivity contribution < 1.29 is 19.2 Å². The van der Waals surface area contributed by atoms with Crippen LogP contribution in [0.1, 0.15) is 167 Å². The molecule has 0 bridgehead atoms. The zero-order valence-corrected chi connectivity index (χ0v) is 22.2. The summed E-state index contributed by atoms with van der Waals surface area (Å²) in [5, 5.41) is 0. The average Bonchev–Trinajstić information content (AvgIpc) is 2.83. The molecule has 0 rings (SSSR count). The van der Waals surface area contributed by atoms with Gasteiger partial charge in [-0.15, -0.1) is 0 Å². The lowest BCUT2D eigenvalue weighted by atomic mass is 10.0. The van der Waals surface area contributed by atoms with Gasteiger partial charge >= 0.3 is 0 Å². The van der Waals surface area contributed by atoms with E-state index in [9.17, 15) is 19.2 Å². The number of aldehydes is 2. The molecule has 0 spiro atoms. The summed E-state index contributed by atoms with van der Waals surface area (Å²) in [4.78, 5) is 44.1. The van der Waals surface area contributed by atoms with E-state index in [0.717, 1.165) is 70.4 Å². The number of rotatable bonds is 29. The van der Waals surface area contributed by atoms with Gasteiger partial charge in [-0.25, -0.2) is 0 Å². The molecule has 34 heavy (non-hydrogen) atoms. The monoisotopic (exact) mass is 478 g/mol. The van der Waals surface area contributed by atoms with Crippen LogP contribution in [0.5, 0.6) is 0 Å². The Morgan fingerprint density at radius 3 is 0.882 bits per heavy atom. The van der Waals surface area contributed by atoms with E-state index < -0.39 is 0 Å². The lowest BCUT2D eigenvalue weighted by Gasteiger charge is -2.04. The standard InChI is InChI=1S/C30H54O4/c31-27-21-16-12-8-4-2-1-3-5-9-13-17-23-29(33)24-18-14-10-6-7-11-15-19-25-30(34)26-20-22-28-32/h27-28H,1-26H2. The van der Waals surface area contributed by atoms with E-state index in [1.165, 1.54) is 83.5 Å². The summed E-state index contributed by atoms with van der Waals surface area (Å²) in [6.07, 6.45) is 29.4. The first-order chi connectivity index (χ1) is 16.7. The Hall–Kier alpha value is -1.32. The maximum absolute atomic E-state index is 12.0. The minimum Gasteiger partial charge on any atom is -0.303 e. The molecule has 0 amide bonds. The second-order valence-electron chi connectivity index (χ2n) is 10.1. The molecule has 0 aliphatic heterocycles. The second-order valence-corrected chi connectivity index (χ2v) is 10.1. The number of unbranched alkanes of at least 4 members (excludes halogenated alkanes) is 19. The number of carbonyl (C=O) groups excluding carboxylic acids is 4. The molecule has 0 aromatic heterocycles. The van der Waals surface area contributed by atoms with Gasteiger partial charge in [-0.3, -0.25) is 9.59 Å². The van der Waals surface area contributed by atoms with Crippen molar-refractivity contribution in [2.45, 2.75) is 167 Å². The van der Waals surface area contributed by atoms with Gasteiger partial charge in [0.05, 0.1) is 0 Å². The SMILES string of the molecule is O=CCCCCCCCCCCCCCC(=O)CCCCCCCCCCC(=O)CCCC=O. The molecule has 0 atom stereocenters. The third-order valence-corrected chi connectivity index (χ3v) is 6.72. The van der Waals surface area contributed by atoms with Crippen LogP contribution in [0, 0.1) is 0 Å². The first kappa shape index (κ1) is 32.7. The highest BCUT2D eigenvalue weighted by Crippen LogP contribution is 2.14. The Kier molecular flexibility index (Phi) is 26.8. The largest absolute Gasteiger partial charge is 0.303 e. The summed E-state index contributed by atoms with van der Waals surface area (Å²) >= 11 is 0. The van der Waals surface area contributed by atoms with Gasteiger partial charge in [-0.05, 0) is 32.1 Å². The molecule has 0 aromatic rings. The zero-order valence-electron chi connectivity index (χ0n) is 22.2. The van der Waals surface area contributed by atoms with E-state index in [-0.39, 0.29) is 0 Å². The molecule has 4 heteroatoms. The average molecular weight is 479 g/mol.